The summed E-state index contributed by atoms with van der Waals surface area (Å²) in [6.45, 7) is 6.89. The number of rotatable bonds is 10. The number of para-hydroxylation sites is 4. The Morgan fingerprint density at radius 1 is 0.272 bits per heavy atom. The van der Waals surface area contributed by atoms with Gasteiger partial charge in [-0.3, -0.25) is 0 Å². The zero-order valence-corrected chi connectivity index (χ0v) is 74.4. The summed E-state index contributed by atoms with van der Waals surface area (Å²) < 4.78 is 107. The number of thiophene rings is 2. The molecule has 136 heavy (non-hydrogen) atoms. The van der Waals surface area contributed by atoms with Crippen molar-refractivity contribution in [2.45, 2.75) is 50.4 Å². The Morgan fingerprint density at radius 2 is 0.632 bits per heavy atom. The summed E-state index contributed by atoms with van der Waals surface area (Å²) in [5.74, 6) is 0. The Balaban J connectivity index is 0.649. The van der Waals surface area contributed by atoms with Crippen molar-refractivity contribution < 1.29 is 26.3 Å². The number of fused-ring (bicyclic) bond motifs is 28. The number of benzene rings is 18. The lowest BCUT2D eigenvalue weighted by Crippen LogP contribution is -2.24. The number of hydrogen-bond donors (Lipinski definition) is 0. The molecule has 0 aliphatic heterocycles. The molecule has 0 fully saturated rings. The van der Waals surface area contributed by atoms with Crippen LogP contribution in [0.1, 0.15) is 82.0 Å². The molecule has 24 aromatic rings. The van der Waals surface area contributed by atoms with Gasteiger partial charge in [-0.25, -0.2) is 0 Å². The van der Waals surface area contributed by atoms with Crippen molar-refractivity contribution in [3.05, 3.63) is 407 Å². The Bertz CT molecular complexity index is 9710. The van der Waals surface area contributed by atoms with E-state index in [0.717, 1.165) is 173 Å². The standard InChI is InChI=1S/C120H68F6N8S2/c1-117(2)91-25-11-4-18-75(91)81-44-50-101-109(113(81)117)85-21-6-14-28-96(85)133(101)105-56-69(64-129)35-41-77(105)89-59-71(73-39-33-67(62-127)54-93(73)119(121,122)123)37-48-99(89)131-95-27-13-7-22-86(95)110-102(131)51-45-82-76-19-5-12-26-92(76)118(3,114(82)110)61-66-32-43-80-84-47-53-104-112(116(84)136-108(80)58-66)88-24-9-16-30-98(88)134(104)106-57-70(65-130)36-42-78(106)90-60-72(74-40-34-68(63-128)55-94(74)120(124,125)126)38-49-100(90)132-97-29-15-8-23-87(97)111-103(132)52-46-83-79-20-10-17-31-107(79)135-115(83)111/h4-60H,61H2,1-3H3. The molecule has 0 radical (unpaired) electrons. The molecular weight excluding hydrogens is 1730 g/mol. The van der Waals surface area contributed by atoms with Crippen molar-refractivity contribution >= 4 is 150 Å². The molecule has 6 heterocycles. The molecule has 0 saturated heterocycles. The van der Waals surface area contributed by atoms with Crippen molar-refractivity contribution in [1.82, 2.24) is 18.3 Å². The number of aromatic nitrogens is 4. The second-order valence-corrected chi connectivity index (χ2v) is 38.6. The molecule has 8 nitrogen and oxygen atoms in total. The van der Waals surface area contributed by atoms with E-state index < -0.39 is 34.3 Å². The van der Waals surface area contributed by atoms with E-state index in [1.54, 1.807) is 46.9 Å². The second kappa shape index (κ2) is 29.1. The van der Waals surface area contributed by atoms with Crippen LogP contribution in [0.3, 0.4) is 0 Å². The summed E-state index contributed by atoms with van der Waals surface area (Å²) in [6.07, 6.45) is -9.10. The highest BCUT2D eigenvalue weighted by Gasteiger charge is 2.44. The van der Waals surface area contributed by atoms with Gasteiger partial charge in [0.25, 0.3) is 0 Å². The van der Waals surface area contributed by atoms with Gasteiger partial charge in [0.05, 0.1) is 125 Å². The van der Waals surface area contributed by atoms with Crippen molar-refractivity contribution in [2.75, 3.05) is 0 Å². The summed E-state index contributed by atoms with van der Waals surface area (Å²) in [6, 6.07) is 122. The predicted octanol–water partition coefficient (Wildman–Crippen LogP) is 32.8. The Kier molecular flexibility index (Phi) is 17.1. The van der Waals surface area contributed by atoms with E-state index in [0.29, 0.717) is 62.6 Å². The monoisotopic (exact) mass is 1800 g/mol. The highest BCUT2D eigenvalue weighted by Crippen LogP contribution is 2.59. The van der Waals surface area contributed by atoms with Gasteiger partial charge in [0.1, 0.15) is 0 Å². The molecule has 2 aliphatic rings. The number of nitriles is 4. The molecule has 16 heteroatoms. The van der Waals surface area contributed by atoms with Crippen LogP contribution in [0.25, 0.3) is 217 Å². The Hall–Kier alpha value is -16.9. The fourth-order valence-electron chi connectivity index (χ4n) is 23.3. The quantitative estimate of drug-likeness (QED) is 0.127. The third kappa shape index (κ3) is 11.4. The van der Waals surface area contributed by atoms with E-state index in [4.69, 9.17) is 0 Å². The third-order valence-electron chi connectivity index (χ3n) is 29.0. The fraction of sp³-hybridized carbons (Fsp3) is 0.0667. The van der Waals surface area contributed by atoms with Gasteiger partial charge >= 0.3 is 12.4 Å². The molecule has 0 amide bonds. The van der Waals surface area contributed by atoms with Gasteiger partial charge in [0.15, 0.2) is 0 Å². The first-order valence-electron chi connectivity index (χ1n) is 44.8. The maximum Gasteiger partial charge on any atom is 0.417 e. The molecule has 6 aromatic heterocycles. The molecular formula is C120H68F6N8S2. The Morgan fingerprint density at radius 3 is 1.12 bits per heavy atom. The van der Waals surface area contributed by atoms with Gasteiger partial charge in [-0.05, 0) is 212 Å². The van der Waals surface area contributed by atoms with Crippen LogP contribution < -0.4 is 0 Å². The Labute approximate surface area is 781 Å². The first-order chi connectivity index (χ1) is 66.2. The minimum absolute atomic E-state index is 0.0914. The van der Waals surface area contributed by atoms with Crippen LogP contribution in [0, 0.1) is 45.3 Å². The molecule has 18 aromatic carbocycles. The highest BCUT2D eigenvalue weighted by atomic mass is 32.1. The van der Waals surface area contributed by atoms with E-state index in [9.17, 15) is 21.0 Å². The molecule has 642 valence electrons. The zero-order chi connectivity index (χ0) is 92.0. The lowest BCUT2D eigenvalue weighted by Gasteiger charge is -2.29. The normalized spacial score (nSPS) is 14.0. The van der Waals surface area contributed by atoms with Gasteiger partial charge in [0.2, 0.25) is 0 Å². The van der Waals surface area contributed by atoms with Gasteiger partial charge in [-0.2, -0.15) is 47.4 Å². The SMILES string of the molecule is CC1(C)c2ccccc2-c2ccc3c(c21)c1ccccc1n3-c1cc(C#N)ccc1-c1cc(-c2ccc(C#N)cc2C(F)(F)F)ccc1-n1c2ccccc2c2c3c(ccc21)-c1ccccc1C3(C)Cc1ccc2c(c1)sc1c2ccc2c1c1ccccc1n2-c1cc(C#N)ccc1-c1cc(-c2ccc(C#N)cc2C(F)(F)F)ccc1-n1c2ccccc2c2c3sc4ccccc4c3ccc21. The van der Waals surface area contributed by atoms with Crippen molar-refractivity contribution in [2.24, 2.45) is 0 Å². The summed E-state index contributed by atoms with van der Waals surface area (Å²) in [5, 5.41) is 54.7. The van der Waals surface area contributed by atoms with Crippen LogP contribution in [0.15, 0.2) is 346 Å². The summed E-state index contributed by atoms with van der Waals surface area (Å²) in [4.78, 5) is 0. The highest BCUT2D eigenvalue weighted by molar-refractivity contribution is 7.27. The molecule has 1 unspecified atom stereocenters. The van der Waals surface area contributed by atoms with Crippen molar-refractivity contribution in [3.63, 3.8) is 0 Å². The smallest absolute Gasteiger partial charge is 0.309 e. The van der Waals surface area contributed by atoms with E-state index in [-0.39, 0.29) is 33.4 Å². The molecule has 2 aliphatic carbocycles. The predicted molar refractivity (Wildman–Crippen MR) is 540 cm³/mol. The zero-order valence-electron chi connectivity index (χ0n) is 72.8. The summed E-state index contributed by atoms with van der Waals surface area (Å²) >= 11 is 3.45. The van der Waals surface area contributed by atoms with Crippen LogP contribution in [0.5, 0.6) is 0 Å². The molecule has 0 spiro atoms. The first-order valence-corrected chi connectivity index (χ1v) is 46.5. The fourth-order valence-corrected chi connectivity index (χ4v) is 25.9. The van der Waals surface area contributed by atoms with E-state index in [1.807, 2.05) is 109 Å². The average Bonchev–Trinajstić information content (AvgIpc) is 1.53. The minimum Gasteiger partial charge on any atom is -0.309 e. The molecule has 1 atom stereocenters. The number of hydrogen-bond acceptors (Lipinski definition) is 6. The lowest BCUT2D eigenvalue weighted by atomic mass is 9.74. The number of halogens is 6. The van der Waals surface area contributed by atoms with Gasteiger partial charge in [0, 0.05) is 117 Å². The van der Waals surface area contributed by atoms with E-state index in [2.05, 4.69) is 239 Å². The molecule has 0 N–H and O–H groups in total. The molecule has 0 bridgehead atoms. The van der Waals surface area contributed by atoms with E-state index in [1.165, 1.54) is 41.0 Å². The van der Waals surface area contributed by atoms with Crippen LogP contribution in [0.2, 0.25) is 0 Å². The molecule has 0 saturated carbocycles. The first kappa shape index (κ1) is 80.0. The van der Waals surface area contributed by atoms with Crippen molar-refractivity contribution in [1.29, 1.82) is 21.0 Å². The van der Waals surface area contributed by atoms with Crippen molar-refractivity contribution in [3.8, 4) is 114 Å². The lowest BCUT2D eigenvalue weighted by molar-refractivity contribution is -0.137. The number of nitrogens with zero attached hydrogens (tertiary/aromatic N) is 8. The number of alkyl halides is 6. The van der Waals surface area contributed by atoms with E-state index >= 15 is 26.3 Å². The van der Waals surface area contributed by atoms with Crippen LogP contribution in [-0.4, -0.2) is 18.3 Å². The van der Waals surface area contributed by atoms with Gasteiger partial charge in [-0.15, -0.1) is 22.7 Å². The third-order valence-corrected chi connectivity index (χ3v) is 31.3. The summed E-state index contributed by atoms with van der Waals surface area (Å²) in [7, 11) is 0. The van der Waals surface area contributed by atoms with Gasteiger partial charge < -0.3 is 18.3 Å². The van der Waals surface area contributed by atoms with Crippen LogP contribution in [-0.2, 0) is 29.6 Å². The summed E-state index contributed by atoms with van der Waals surface area (Å²) in [5.41, 5.74) is 20.3. The van der Waals surface area contributed by atoms with Crippen LogP contribution in [0.4, 0.5) is 26.3 Å². The largest absolute Gasteiger partial charge is 0.417 e. The minimum atomic E-state index is -4.84. The molecule has 26 rings (SSSR count). The average molecular weight is 1800 g/mol. The topological polar surface area (TPSA) is 115 Å². The second-order valence-electron chi connectivity index (χ2n) is 36.5. The van der Waals surface area contributed by atoms with Crippen LogP contribution >= 0.6 is 22.7 Å². The van der Waals surface area contributed by atoms with Gasteiger partial charge in [-0.1, -0.05) is 233 Å². The maximum absolute atomic E-state index is 15.8. The maximum atomic E-state index is 15.8.